The van der Waals surface area contributed by atoms with Crippen LogP contribution in [0.15, 0.2) is 0 Å². The molecule has 1 rings (SSSR count). The molecule has 2 atom stereocenters. The molecule has 1 aliphatic carbocycles. The molecule has 0 aromatic rings. The van der Waals surface area contributed by atoms with Crippen molar-refractivity contribution in [2.45, 2.75) is 65.5 Å². The van der Waals surface area contributed by atoms with Gasteiger partial charge in [-0.2, -0.15) is 0 Å². The van der Waals surface area contributed by atoms with Crippen LogP contribution in [0, 0.1) is 5.41 Å². The van der Waals surface area contributed by atoms with Crippen LogP contribution < -0.4 is 5.32 Å². The third kappa shape index (κ3) is 3.45. The molecule has 0 bridgehead atoms. The fraction of sp³-hybridized carbons (Fsp3) is 0.846. The smallest absolute Gasteiger partial charge is 0.407 e. The quantitative estimate of drug-likeness (QED) is 0.808. The van der Waals surface area contributed by atoms with Crippen molar-refractivity contribution >= 4 is 11.9 Å². The van der Waals surface area contributed by atoms with E-state index < -0.39 is 17.1 Å². The Hall–Kier alpha value is -1.06. The second-order valence-corrected chi connectivity index (χ2v) is 6.06. The molecule has 1 fully saturated rings. The Morgan fingerprint density at radius 3 is 2.41 bits per heavy atom. The number of Topliss-reactive ketones (excluding diaryl/α,β-unsaturated/α-hetero) is 1. The van der Waals surface area contributed by atoms with Gasteiger partial charge in [0.1, 0.15) is 11.4 Å². The summed E-state index contributed by atoms with van der Waals surface area (Å²) in [6.45, 7) is 8.99. The van der Waals surface area contributed by atoms with Crippen molar-refractivity contribution in [2.75, 3.05) is 0 Å². The summed E-state index contributed by atoms with van der Waals surface area (Å²) < 4.78 is 5.21. The Balaban J connectivity index is 2.63. The highest BCUT2D eigenvalue weighted by Gasteiger charge is 2.43. The Morgan fingerprint density at radius 1 is 1.35 bits per heavy atom. The molecule has 0 saturated heterocycles. The lowest BCUT2D eigenvalue weighted by atomic mass is 9.81. The first kappa shape index (κ1) is 14.0. The number of ketones is 1. The first-order chi connectivity index (χ1) is 7.65. The molecule has 4 nitrogen and oxygen atoms in total. The summed E-state index contributed by atoms with van der Waals surface area (Å²) in [6, 6.07) is -0.102. The monoisotopic (exact) mass is 241 g/mol. The van der Waals surface area contributed by atoms with Gasteiger partial charge in [0, 0.05) is 11.5 Å². The summed E-state index contributed by atoms with van der Waals surface area (Å²) in [5, 5.41) is 2.83. The third-order valence-electron chi connectivity index (χ3n) is 3.45. The van der Waals surface area contributed by atoms with Crippen molar-refractivity contribution < 1.29 is 14.3 Å². The van der Waals surface area contributed by atoms with Gasteiger partial charge in [0.2, 0.25) is 0 Å². The largest absolute Gasteiger partial charge is 0.444 e. The number of alkyl carbamates (subject to hydrolysis) is 1. The average Bonchev–Trinajstić information content (AvgIpc) is 2.45. The molecule has 98 valence electrons. The molecule has 0 radical (unpaired) electrons. The van der Waals surface area contributed by atoms with Crippen molar-refractivity contribution in [2.24, 2.45) is 5.41 Å². The number of hydrogen-bond acceptors (Lipinski definition) is 3. The maximum Gasteiger partial charge on any atom is 0.407 e. The molecule has 17 heavy (non-hydrogen) atoms. The standard InChI is InChI=1S/C13H23NO3/c1-9(15)13(5)8-6-7-10(13)14-11(16)17-12(2,3)4/h10H,6-8H2,1-5H3,(H,14,16). The summed E-state index contributed by atoms with van der Waals surface area (Å²) in [4.78, 5) is 23.3. The minimum absolute atomic E-state index is 0.102. The van der Waals surface area contributed by atoms with Crippen molar-refractivity contribution in [3.05, 3.63) is 0 Å². The van der Waals surface area contributed by atoms with E-state index in [1.807, 2.05) is 27.7 Å². The van der Waals surface area contributed by atoms with E-state index in [9.17, 15) is 9.59 Å². The number of carbonyl (C=O) groups is 2. The summed E-state index contributed by atoms with van der Waals surface area (Å²) >= 11 is 0. The number of amides is 1. The van der Waals surface area contributed by atoms with Gasteiger partial charge in [-0.05, 0) is 40.5 Å². The van der Waals surface area contributed by atoms with E-state index in [-0.39, 0.29) is 11.8 Å². The topological polar surface area (TPSA) is 55.4 Å². The summed E-state index contributed by atoms with van der Waals surface area (Å²) in [7, 11) is 0. The fourth-order valence-corrected chi connectivity index (χ4v) is 2.27. The van der Waals surface area contributed by atoms with Crippen LogP contribution >= 0.6 is 0 Å². The minimum atomic E-state index is -0.505. The van der Waals surface area contributed by atoms with Crippen LogP contribution in [-0.2, 0) is 9.53 Å². The van der Waals surface area contributed by atoms with Crippen molar-refractivity contribution in [3.8, 4) is 0 Å². The van der Waals surface area contributed by atoms with E-state index in [0.717, 1.165) is 19.3 Å². The predicted octanol–water partition coefficient (Wildman–Crippen LogP) is 2.66. The van der Waals surface area contributed by atoms with Crippen LogP contribution in [0.2, 0.25) is 0 Å². The predicted molar refractivity (Wildman–Crippen MR) is 65.8 cm³/mol. The van der Waals surface area contributed by atoms with Crippen LogP contribution in [0.3, 0.4) is 0 Å². The molecule has 2 unspecified atom stereocenters. The van der Waals surface area contributed by atoms with Gasteiger partial charge in [0.25, 0.3) is 0 Å². The van der Waals surface area contributed by atoms with Gasteiger partial charge < -0.3 is 10.1 Å². The maximum atomic E-state index is 11.7. The Labute approximate surface area is 103 Å². The SMILES string of the molecule is CC(=O)C1(C)CCCC1NC(=O)OC(C)(C)C. The lowest BCUT2D eigenvalue weighted by Crippen LogP contribution is -2.47. The first-order valence-electron chi connectivity index (χ1n) is 6.16. The van der Waals surface area contributed by atoms with Crippen LogP contribution in [-0.4, -0.2) is 23.5 Å². The molecule has 1 amide bonds. The lowest BCUT2D eigenvalue weighted by molar-refractivity contribution is -0.126. The lowest BCUT2D eigenvalue weighted by Gasteiger charge is -2.30. The summed E-state index contributed by atoms with van der Waals surface area (Å²) in [6.07, 6.45) is 2.21. The fourth-order valence-electron chi connectivity index (χ4n) is 2.27. The van der Waals surface area contributed by atoms with Crippen molar-refractivity contribution in [1.29, 1.82) is 0 Å². The normalized spacial score (nSPS) is 28.9. The molecule has 0 spiro atoms. The Morgan fingerprint density at radius 2 is 1.94 bits per heavy atom. The molecular weight excluding hydrogens is 218 g/mol. The number of carbonyl (C=O) groups excluding carboxylic acids is 2. The van der Waals surface area contributed by atoms with Crippen LogP contribution in [0.1, 0.15) is 53.9 Å². The summed E-state index contributed by atoms with van der Waals surface area (Å²) in [5.41, 5.74) is -0.938. The molecule has 0 aliphatic heterocycles. The molecule has 4 heteroatoms. The van der Waals surface area contributed by atoms with Gasteiger partial charge in [-0.15, -0.1) is 0 Å². The van der Waals surface area contributed by atoms with Crippen LogP contribution in [0.4, 0.5) is 4.79 Å². The van der Waals surface area contributed by atoms with E-state index in [1.54, 1.807) is 6.92 Å². The second-order valence-electron chi connectivity index (χ2n) is 6.06. The molecule has 0 aromatic heterocycles. The van der Waals surface area contributed by atoms with E-state index in [2.05, 4.69) is 5.32 Å². The zero-order valence-electron chi connectivity index (χ0n) is 11.4. The van der Waals surface area contributed by atoms with Gasteiger partial charge in [0.15, 0.2) is 0 Å². The minimum Gasteiger partial charge on any atom is -0.444 e. The second kappa shape index (κ2) is 4.67. The van der Waals surface area contributed by atoms with Crippen molar-refractivity contribution in [3.63, 3.8) is 0 Å². The van der Waals surface area contributed by atoms with E-state index in [0.29, 0.717) is 0 Å². The van der Waals surface area contributed by atoms with Crippen LogP contribution in [0.25, 0.3) is 0 Å². The zero-order valence-corrected chi connectivity index (χ0v) is 11.4. The maximum absolute atomic E-state index is 11.7. The number of nitrogens with one attached hydrogen (secondary N) is 1. The highest BCUT2D eigenvalue weighted by Crippen LogP contribution is 2.38. The Bertz CT molecular complexity index is 319. The Kier molecular flexibility index (Phi) is 3.84. The van der Waals surface area contributed by atoms with Crippen molar-refractivity contribution in [1.82, 2.24) is 5.32 Å². The molecule has 1 N–H and O–H groups in total. The van der Waals surface area contributed by atoms with Gasteiger partial charge in [-0.3, -0.25) is 4.79 Å². The van der Waals surface area contributed by atoms with Gasteiger partial charge >= 0.3 is 6.09 Å². The van der Waals surface area contributed by atoms with E-state index in [4.69, 9.17) is 4.74 Å². The highest BCUT2D eigenvalue weighted by molar-refractivity contribution is 5.84. The first-order valence-corrected chi connectivity index (χ1v) is 6.16. The number of hydrogen-bond donors (Lipinski definition) is 1. The summed E-state index contributed by atoms with van der Waals surface area (Å²) in [5.74, 6) is 0.135. The zero-order chi connectivity index (χ0) is 13.3. The highest BCUT2D eigenvalue weighted by atomic mass is 16.6. The van der Waals surface area contributed by atoms with Crippen LogP contribution in [0.5, 0.6) is 0 Å². The molecule has 1 aliphatic rings. The number of ether oxygens (including phenoxy) is 1. The molecule has 1 saturated carbocycles. The number of rotatable bonds is 2. The molecular formula is C13H23NO3. The average molecular weight is 241 g/mol. The van der Waals surface area contributed by atoms with E-state index in [1.165, 1.54) is 0 Å². The molecule has 0 aromatic carbocycles. The van der Waals surface area contributed by atoms with E-state index >= 15 is 0 Å². The van der Waals surface area contributed by atoms with Gasteiger partial charge in [-0.1, -0.05) is 13.3 Å². The van der Waals surface area contributed by atoms with Gasteiger partial charge in [0.05, 0.1) is 0 Å². The molecule has 0 heterocycles. The van der Waals surface area contributed by atoms with Gasteiger partial charge in [-0.25, -0.2) is 4.79 Å². The third-order valence-corrected chi connectivity index (χ3v) is 3.45.